The Bertz CT molecular complexity index is 419. The van der Waals surface area contributed by atoms with Gasteiger partial charge in [0.05, 0.1) is 0 Å². The number of rotatable bonds is 2. The van der Waals surface area contributed by atoms with Gasteiger partial charge in [0, 0.05) is 23.0 Å². The fourth-order valence-electron chi connectivity index (χ4n) is 3.24. The van der Waals surface area contributed by atoms with Crippen LogP contribution in [0.2, 0.25) is 0 Å². The standard InChI is InChI=1S/C15H23NO/c1-10-5-6-15(7-11(10)2)16-12(3)8-14(9-17)13(16)4/h8-11,15H,5-7H2,1-4H3. The maximum Gasteiger partial charge on any atom is 0.151 e. The van der Waals surface area contributed by atoms with Gasteiger partial charge in [0.25, 0.3) is 0 Å². The van der Waals surface area contributed by atoms with Gasteiger partial charge in [-0.3, -0.25) is 4.79 Å². The maximum absolute atomic E-state index is 11.0. The third-order valence-electron chi connectivity index (χ3n) is 4.59. The van der Waals surface area contributed by atoms with Gasteiger partial charge in [0.2, 0.25) is 0 Å². The van der Waals surface area contributed by atoms with Gasteiger partial charge in [-0.15, -0.1) is 0 Å². The molecule has 1 heterocycles. The Kier molecular flexibility index (Phi) is 3.41. The largest absolute Gasteiger partial charge is 0.345 e. The van der Waals surface area contributed by atoms with E-state index in [4.69, 9.17) is 0 Å². The van der Waals surface area contributed by atoms with Crippen LogP contribution in [0.5, 0.6) is 0 Å². The molecule has 1 saturated carbocycles. The predicted molar refractivity (Wildman–Crippen MR) is 70.5 cm³/mol. The zero-order valence-corrected chi connectivity index (χ0v) is 11.4. The molecule has 0 bridgehead atoms. The van der Waals surface area contributed by atoms with Crippen molar-refractivity contribution in [2.24, 2.45) is 11.8 Å². The highest BCUT2D eigenvalue weighted by Gasteiger charge is 2.27. The molecule has 2 heteroatoms. The van der Waals surface area contributed by atoms with Crippen molar-refractivity contribution in [3.8, 4) is 0 Å². The van der Waals surface area contributed by atoms with Crippen LogP contribution in [0.3, 0.4) is 0 Å². The fourth-order valence-corrected chi connectivity index (χ4v) is 3.24. The van der Waals surface area contributed by atoms with Gasteiger partial charge in [-0.1, -0.05) is 13.8 Å². The van der Waals surface area contributed by atoms with E-state index in [9.17, 15) is 4.79 Å². The van der Waals surface area contributed by atoms with Crippen molar-refractivity contribution in [3.63, 3.8) is 0 Å². The number of aldehydes is 1. The average molecular weight is 233 g/mol. The molecule has 1 aromatic heterocycles. The third kappa shape index (κ3) is 2.18. The number of hydrogen-bond donors (Lipinski definition) is 0. The topological polar surface area (TPSA) is 22.0 Å². The molecule has 1 aliphatic carbocycles. The first kappa shape index (κ1) is 12.4. The lowest BCUT2D eigenvalue weighted by atomic mass is 9.79. The smallest absolute Gasteiger partial charge is 0.151 e. The van der Waals surface area contributed by atoms with E-state index in [1.165, 1.54) is 25.0 Å². The van der Waals surface area contributed by atoms with Crippen molar-refractivity contribution in [1.82, 2.24) is 4.57 Å². The van der Waals surface area contributed by atoms with Crippen LogP contribution in [-0.2, 0) is 0 Å². The summed E-state index contributed by atoms with van der Waals surface area (Å²) in [6, 6.07) is 2.61. The van der Waals surface area contributed by atoms with Gasteiger partial charge in [-0.05, 0) is 51.0 Å². The van der Waals surface area contributed by atoms with Crippen LogP contribution >= 0.6 is 0 Å². The first-order valence-corrected chi connectivity index (χ1v) is 6.68. The summed E-state index contributed by atoms with van der Waals surface area (Å²) >= 11 is 0. The quantitative estimate of drug-likeness (QED) is 0.710. The van der Waals surface area contributed by atoms with Crippen molar-refractivity contribution >= 4 is 6.29 Å². The SMILES string of the molecule is Cc1cc(C=O)c(C)n1C1CCC(C)C(C)C1. The molecule has 2 nitrogen and oxygen atoms in total. The zero-order chi connectivity index (χ0) is 12.6. The predicted octanol–water partition coefficient (Wildman–Crippen LogP) is 3.91. The van der Waals surface area contributed by atoms with Crippen molar-refractivity contribution < 1.29 is 4.79 Å². The summed E-state index contributed by atoms with van der Waals surface area (Å²) in [7, 11) is 0. The van der Waals surface area contributed by atoms with E-state index in [-0.39, 0.29) is 0 Å². The summed E-state index contributed by atoms with van der Waals surface area (Å²) in [6.07, 6.45) is 4.78. The minimum absolute atomic E-state index is 0.592. The van der Waals surface area contributed by atoms with Crippen molar-refractivity contribution in [2.75, 3.05) is 0 Å². The molecule has 94 valence electrons. The van der Waals surface area contributed by atoms with Crippen LogP contribution in [0.1, 0.15) is 60.9 Å². The molecule has 0 amide bonds. The van der Waals surface area contributed by atoms with Crippen LogP contribution in [-0.4, -0.2) is 10.9 Å². The summed E-state index contributed by atoms with van der Waals surface area (Å²) < 4.78 is 2.38. The Morgan fingerprint density at radius 3 is 2.47 bits per heavy atom. The molecule has 0 radical (unpaired) electrons. The summed E-state index contributed by atoms with van der Waals surface area (Å²) in [4.78, 5) is 11.0. The van der Waals surface area contributed by atoms with Gasteiger partial charge < -0.3 is 4.57 Å². The fraction of sp³-hybridized carbons (Fsp3) is 0.667. The molecule has 1 aliphatic rings. The number of hydrogen-bond acceptors (Lipinski definition) is 1. The number of aromatic nitrogens is 1. The van der Waals surface area contributed by atoms with Crippen molar-refractivity contribution in [3.05, 3.63) is 23.0 Å². The molecule has 1 fully saturated rings. The van der Waals surface area contributed by atoms with Gasteiger partial charge >= 0.3 is 0 Å². The molecular formula is C15H23NO. The van der Waals surface area contributed by atoms with Crippen LogP contribution in [0.25, 0.3) is 0 Å². The van der Waals surface area contributed by atoms with Gasteiger partial charge in [-0.25, -0.2) is 0 Å². The van der Waals surface area contributed by atoms with E-state index in [1.54, 1.807) is 0 Å². The Morgan fingerprint density at radius 2 is 1.94 bits per heavy atom. The Hall–Kier alpha value is -1.05. The molecule has 0 N–H and O–H groups in total. The Labute approximate surface area is 104 Å². The molecule has 1 aromatic rings. The lowest BCUT2D eigenvalue weighted by Crippen LogP contribution is -2.24. The van der Waals surface area contributed by atoms with E-state index in [1.807, 2.05) is 6.07 Å². The van der Waals surface area contributed by atoms with Crippen LogP contribution in [0.4, 0.5) is 0 Å². The first-order chi connectivity index (χ1) is 8.04. The molecule has 0 spiro atoms. The minimum Gasteiger partial charge on any atom is -0.345 e. The second kappa shape index (κ2) is 4.67. The monoisotopic (exact) mass is 233 g/mol. The third-order valence-corrected chi connectivity index (χ3v) is 4.59. The normalized spacial score (nSPS) is 29.3. The number of carbonyl (C=O) groups is 1. The summed E-state index contributed by atoms with van der Waals surface area (Å²) in [6.45, 7) is 8.89. The molecule has 2 rings (SSSR count). The molecule has 3 unspecified atom stereocenters. The van der Waals surface area contributed by atoms with Gasteiger partial charge in [-0.2, -0.15) is 0 Å². The minimum atomic E-state index is 0.592. The molecule has 0 aliphatic heterocycles. The summed E-state index contributed by atoms with van der Waals surface area (Å²) in [5, 5.41) is 0. The van der Waals surface area contributed by atoms with Crippen LogP contribution in [0, 0.1) is 25.7 Å². The Morgan fingerprint density at radius 1 is 1.24 bits per heavy atom. The van der Waals surface area contributed by atoms with Crippen LogP contribution < -0.4 is 0 Å². The maximum atomic E-state index is 11.0. The van der Waals surface area contributed by atoms with E-state index in [0.717, 1.165) is 29.4 Å². The Balaban J connectivity index is 2.28. The van der Waals surface area contributed by atoms with Crippen molar-refractivity contribution in [1.29, 1.82) is 0 Å². The van der Waals surface area contributed by atoms with E-state index >= 15 is 0 Å². The first-order valence-electron chi connectivity index (χ1n) is 6.68. The molecule has 0 aromatic carbocycles. The molecular weight excluding hydrogens is 210 g/mol. The van der Waals surface area contributed by atoms with Crippen LogP contribution in [0.15, 0.2) is 6.07 Å². The lowest BCUT2D eigenvalue weighted by Gasteiger charge is -2.34. The van der Waals surface area contributed by atoms with Gasteiger partial charge in [0.1, 0.15) is 0 Å². The second-order valence-corrected chi connectivity index (χ2v) is 5.74. The van der Waals surface area contributed by atoms with E-state index < -0.39 is 0 Å². The highest BCUT2D eigenvalue weighted by atomic mass is 16.1. The number of aryl methyl sites for hydroxylation is 1. The summed E-state index contributed by atoms with van der Waals surface area (Å²) in [5.41, 5.74) is 3.23. The highest BCUT2D eigenvalue weighted by molar-refractivity contribution is 5.77. The summed E-state index contributed by atoms with van der Waals surface area (Å²) in [5.74, 6) is 1.63. The van der Waals surface area contributed by atoms with Crippen molar-refractivity contribution in [2.45, 2.75) is 53.0 Å². The van der Waals surface area contributed by atoms with Gasteiger partial charge in [0.15, 0.2) is 6.29 Å². The number of carbonyl (C=O) groups excluding carboxylic acids is 1. The lowest BCUT2D eigenvalue weighted by molar-refractivity contribution is 0.112. The van der Waals surface area contributed by atoms with E-state index in [2.05, 4.69) is 32.3 Å². The second-order valence-electron chi connectivity index (χ2n) is 5.74. The number of nitrogens with zero attached hydrogens (tertiary/aromatic N) is 1. The molecule has 17 heavy (non-hydrogen) atoms. The average Bonchev–Trinajstić information content (AvgIpc) is 2.58. The molecule has 0 saturated heterocycles. The zero-order valence-electron chi connectivity index (χ0n) is 11.4. The molecule has 3 atom stereocenters. The van der Waals surface area contributed by atoms with E-state index in [0.29, 0.717) is 6.04 Å². The highest BCUT2D eigenvalue weighted by Crippen LogP contribution is 2.38.